The molecule has 0 aliphatic carbocycles. The van der Waals surface area contributed by atoms with E-state index in [1.165, 1.54) is 43.7 Å². The van der Waals surface area contributed by atoms with E-state index in [2.05, 4.69) is 161 Å². The quantitative estimate of drug-likeness (QED) is 0.202. The number of nitriles is 1. The zero-order valence-electron chi connectivity index (χ0n) is 24.9. The summed E-state index contributed by atoms with van der Waals surface area (Å²) in [5.41, 5.74) is 12.0. The number of aromatic nitrogens is 2. The molecule has 0 atom stereocenters. The molecule has 0 aliphatic rings. The summed E-state index contributed by atoms with van der Waals surface area (Å²) in [6.07, 6.45) is 0. The van der Waals surface area contributed by atoms with Gasteiger partial charge in [-0.25, -0.2) is 0 Å². The van der Waals surface area contributed by atoms with Crippen LogP contribution >= 0.6 is 0 Å². The molecule has 3 heteroatoms. The molecule has 0 fully saturated rings. The second-order valence-electron chi connectivity index (χ2n) is 11.7. The molecule has 0 saturated heterocycles. The Hall–Kier alpha value is -6.37. The summed E-state index contributed by atoms with van der Waals surface area (Å²) in [7, 11) is 0. The van der Waals surface area contributed by atoms with Crippen LogP contribution in [0.1, 0.15) is 5.56 Å². The van der Waals surface area contributed by atoms with Gasteiger partial charge >= 0.3 is 0 Å². The summed E-state index contributed by atoms with van der Waals surface area (Å²) in [4.78, 5) is 0. The van der Waals surface area contributed by atoms with Crippen molar-refractivity contribution in [2.75, 3.05) is 0 Å². The van der Waals surface area contributed by atoms with Gasteiger partial charge in [-0.2, -0.15) is 5.26 Å². The van der Waals surface area contributed by atoms with Gasteiger partial charge < -0.3 is 9.13 Å². The minimum Gasteiger partial charge on any atom is -0.309 e. The predicted octanol–water partition coefficient (Wildman–Crippen LogP) is 11.1. The van der Waals surface area contributed by atoms with Crippen molar-refractivity contribution in [1.29, 1.82) is 5.26 Å². The molecule has 0 radical (unpaired) electrons. The third kappa shape index (κ3) is 3.98. The van der Waals surface area contributed by atoms with Crippen molar-refractivity contribution in [1.82, 2.24) is 9.13 Å². The molecule has 46 heavy (non-hydrogen) atoms. The maximum Gasteiger partial charge on any atom is 0.0992 e. The molecular weight excluding hydrogens is 558 g/mol. The minimum atomic E-state index is 0.639. The van der Waals surface area contributed by atoms with Crippen LogP contribution in [0.15, 0.2) is 164 Å². The molecule has 0 spiro atoms. The molecule has 9 rings (SSSR count). The standard InChI is InChI=1S/C43H27N3/c44-28-29-19-22-34(30-11-3-1-4-12-30)43(25-29)46-40-18-10-8-16-36(40)38-27-32(21-24-42(38)46)31-20-23-41-37(26-31)35-15-7-9-17-39(35)45(41)33-13-5-2-6-14-33/h1-27H. The van der Waals surface area contributed by atoms with Crippen LogP contribution in [0.3, 0.4) is 0 Å². The number of fused-ring (bicyclic) bond motifs is 6. The lowest BCUT2D eigenvalue weighted by molar-refractivity contribution is 1.18. The zero-order chi connectivity index (χ0) is 30.6. The first kappa shape index (κ1) is 26.1. The molecule has 0 N–H and O–H groups in total. The highest BCUT2D eigenvalue weighted by atomic mass is 15.0. The largest absolute Gasteiger partial charge is 0.309 e. The Bertz CT molecular complexity index is 2630. The van der Waals surface area contributed by atoms with Gasteiger partial charge in [0.1, 0.15) is 0 Å². The first-order valence-electron chi connectivity index (χ1n) is 15.5. The Morgan fingerprint density at radius 3 is 1.54 bits per heavy atom. The molecule has 0 amide bonds. The van der Waals surface area contributed by atoms with E-state index in [1.54, 1.807) is 0 Å². The molecule has 7 aromatic carbocycles. The van der Waals surface area contributed by atoms with Gasteiger partial charge in [-0.3, -0.25) is 0 Å². The molecule has 2 aromatic heterocycles. The lowest BCUT2D eigenvalue weighted by Crippen LogP contribution is -1.98. The fourth-order valence-corrected chi connectivity index (χ4v) is 7.07. The maximum absolute atomic E-state index is 9.86. The molecule has 0 saturated carbocycles. The minimum absolute atomic E-state index is 0.639. The van der Waals surface area contributed by atoms with Gasteiger partial charge in [-0.1, -0.05) is 103 Å². The topological polar surface area (TPSA) is 33.6 Å². The summed E-state index contributed by atoms with van der Waals surface area (Å²) in [6, 6.07) is 60.2. The molecule has 9 aromatic rings. The second-order valence-corrected chi connectivity index (χ2v) is 11.7. The number of rotatable bonds is 4. The first-order valence-corrected chi connectivity index (χ1v) is 15.5. The molecule has 0 aliphatic heterocycles. The fraction of sp³-hybridized carbons (Fsp3) is 0. The third-order valence-corrected chi connectivity index (χ3v) is 9.15. The summed E-state index contributed by atoms with van der Waals surface area (Å²) >= 11 is 0. The van der Waals surface area contributed by atoms with Gasteiger partial charge in [0.25, 0.3) is 0 Å². The van der Waals surface area contributed by atoms with E-state index in [0.717, 1.165) is 33.5 Å². The van der Waals surface area contributed by atoms with Crippen LogP contribution in [0.25, 0.3) is 77.2 Å². The van der Waals surface area contributed by atoms with Gasteiger partial charge in [-0.05, 0) is 77.4 Å². The number of hydrogen-bond donors (Lipinski definition) is 0. The van der Waals surface area contributed by atoms with Crippen molar-refractivity contribution in [2.45, 2.75) is 0 Å². The Morgan fingerprint density at radius 2 is 0.913 bits per heavy atom. The number of hydrogen-bond acceptors (Lipinski definition) is 1. The smallest absolute Gasteiger partial charge is 0.0992 e. The van der Waals surface area contributed by atoms with Crippen LogP contribution in [-0.2, 0) is 0 Å². The molecular formula is C43H27N3. The predicted molar refractivity (Wildman–Crippen MR) is 191 cm³/mol. The second kappa shape index (κ2) is 10.4. The van der Waals surface area contributed by atoms with Crippen LogP contribution in [0.2, 0.25) is 0 Å². The molecule has 0 unspecified atom stereocenters. The van der Waals surface area contributed by atoms with Crippen molar-refractivity contribution in [3.63, 3.8) is 0 Å². The van der Waals surface area contributed by atoms with E-state index in [4.69, 9.17) is 0 Å². The fourth-order valence-electron chi connectivity index (χ4n) is 7.07. The number of nitrogens with zero attached hydrogens (tertiary/aromatic N) is 3. The lowest BCUT2D eigenvalue weighted by atomic mass is 10.00. The van der Waals surface area contributed by atoms with Gasteiger partial charge in [0, 0.05) is 32.8 Å². The van der Waals surface area contributed by atoms with Crippen molar-refractivity contribution < 1.29 is 0 Å². The Kier molecular flexibility index (Phi) is 5.88. The highest BCUT2D eigenvalue weighted by Crippen LogP contribution is 2.40. The van der Waals surface area contributed by atoms with Gasteiger partial charge in [0.2, 0.25) is 0 Å². The van der Waals surface area contributed by atoms with Crippen molar-refractivity contribution in [3.05, 3.63) is 169 Å². The van der Waals surface area contributed by atoms with E-state index in [1.807, 2.05) is 18.2 Å². The van der Waals surface area contributed by atoms with Crippen LogP contribution in [-0.4, -0.2) is 9.13 Å². The van der Waals surface area contributed by atoms with E-state index >= 15 is 0 Å². The molecule has 0 bridgehead atoms. The number of para-hydroxylation sites is 3. The number of benzene rings is 7. The normalized spacial score (nSPS) is 11.5. The van der Waals surface area contributed by atoms with Crippen LogP contribution < -0.4 is 0 Å². The van der Waals surface area contributed by atoms with E-state index in [0.29, 0.717) is 5.56 Å². The molecule has 214 valence electrons. The summed E-state index contributed by atoms with van der Waals surface area (Å²) in [5, 5.41) is 14.7. The van der Waals surface area contributed by atoms with Crippen LogP contribution in [0, 0.1) is 11.3 Å². The van der Waals surface area contributed by atoms with Crippen LogP contribution in [0.5, 0.6) is 0 Å². The van der Waals surface area contributed by atoms with Crippen molar-refractivity contribution in [3.8, 4) is 39.7 Å². The van der Waals surface area contributed by atoms with Crippen molar-refractivity contribution >= 4 is 43.6 Å². The highest BCUT2D eigenvalue weighted by molar-refractivity contribution is 6.13. The first-order chi connectivity index (χ1) is 22.8. The maximum atomic E-state index is 9.86. The third-order valence-electron chi connectivity index (χ3n) is 9.15. The van der Waals surface area contributed by atoms with Crippen LogP contribution in [0.4, 0.5) is 0 Å². The summed E-state index contributed by atoms with van der Waals surface area (Å²) < 4.78 is 4.67. The van der Waals surface area contributed by atoms with E-state index in [9.17, 15) is 5.26 Å². The lowest BCUT2D eigenvalue weighted by Gasteiger charge is -2.15. The van der Waals surface area contributed by atoms with Gasteiger partial charge in [0.05, 0.1) is 39.4 Å². The Labute approximate surface area is 266 Å². The Morgan fingerprint density at radius 1 is 0.391 bits per heavy atom. The highest BCUT2D eigenvalue weighted by Gasteiger charge is 2.18. The SMILES string of the molecule is N#Cc1ccc(-c2ccccc2)c(-n2c3ccccc3c3cc(-c4ccc5c(c4)c4ccccc4n5-c4ccccc4)ccc32)c1. The zero-order valence-corrected chi connectivity index (χ0v) is 24.9. The van der Waals surface area contributed by atoms with E-state index in [-0.39, 0.29) is 0 Å². The Balaban J connectivity index is 1.27. The van der Waals surface area contributed by atoms with Gasteiger partial charge in [-0.15, -0.1) is 0 Å². The molecule has 2 heterocycles. The monoisotopic (exact) mass is 585 g/mol. The summed E-state index contributed by atoms with van der Waals surface area (Å²) in [5.74, 6) is 0. The summed E-state index contributed by atoms with van der Waals surface area (Å²) in [6.45, 7) is 0. The molecule has 3 nitrogen and oxygen atoms in total. The van der Waals surface area contributed by atoms with E-state index < -0.39 is 0 Å². The average Bonchev–Trinajstić information content (AvgIpc) is 3.64. The average molecular weight is 586 g/mol. The van der Waals surface area contributed by atoms with Crippen molar-refractivity contribution in [2.24, 2.45) is 0 Å². The van der Waals surface area contributed by atoms with Gasteiger partial charge in [0.15, 0.2) is 0 Å².